The summed E-state index contributed by atoms with van der Waals surface area (Å²) in [4.78, 5) is 37.2. The number of halogens is 3. The van der Waals surface area contributed by atoms with Gasteiger partial charge in [-0.05, 0) is 36.6 Å². The summed E-state index contributed by atoms with van der Waals surface area (Å²) in [6.45, 7) is -0.344. The van der Waals surface area contributed by atoms with E-state index in [1.54, 1.807) is 0 Å². The van der Waals surface area contributed by atoms with Crippen LogP contribution in [0.1, 0.15) is 17.5 Å². The van der Waals surface area contributed by atoms with Crippen LogP contribution in [-0.2, 0) is 27.0 Å². The summed E-state index contributed by atoms with van der Waals surface area (Å²) in [6, 6.07) is 10.0. The second-order valence-corrected chi connectivity index (χ2v) is 7.85. The molecule has 2 aromatic carbocycles. The van der Waals surface area contributed by atoms with Gasteiger partial charge in [0.2, 0.25) is 17.7 Å². The first-order chi connectivity index (χ1) is 16.5. The Morgan fingerprint density at radius 1 is 0.886 bits per heavy atom. The summed E-state index contributed by atoms with van der Waals surface area (Å²) in [7, 11) is 0. The van der Waals surface area contributed by atoms with Crippen LogP contribution in [0.2, 0.25) is 0 Å². The second kappa shape index (κ2) is 12.8. The lowest BCUT2D eigenvalue weighted by Crippen LogP contribution is -2.55. The average molecular weight is 495 g/mol. The van der Waals surface area contributed by atoms with Crippen molar-refractivity contribution in [2.45, 2.75) is 37.1 Å². The van der Waals surface area contributed by atoms with E-state index in [4.69, 9.17) is 17.2 Å². The molecule has 35 heavy (non-hydrogen) atoms. The van der Waals surface area contributed by atoms with Crippen LogP contribution < -0.4 is 33.2 Å². The number of alkyl halides is 3. The van der Waals surface area contributed by atoms with E-state index in [0.717, 1.165) is 17.7 Å². The van der Waals surface area contributed by atoms with Crippen LogP contribution in [0, 0.1) is 0 Å². The number of rotatable bonds is 11. The van der Waals surface area contributed by atoms with Gasteiger partial charge in [0, 0.05) is 18.8 Å². The van der Waals surface area contributed by atoms with Crippen LogP contribution in [0.25, 0.3) is 0 Å². The molecule has 9 nitrogen and oxygen atoms in total. The summed E-state index contributed by atoms with van der Waals surface area (Å²) in [5.41, 5.74) is 16.5. The van der Waals surface area contributed by atoms with Gasteiger partial charge in [0.25, 0.3) is 0 Å². The van der Waals surface area contributed by atoms with Crippen LogP contribution in [0.15, 0.2) is 54.6 Å². The topological polar surface area (TPSA) is 165 Å². The van der Waals surface area contributed by atoms with Crippen LogP contribution in [0.3, 0.4) is 0 Å². The number of amides is 3. The minimum Gasteiger partial charge on any atom is -0.353 e. The minimum absolute atomic E-state index is 0.0730. The van der Waals surface area contributed by atoms with Crippen LogP contribution >= 0.6 is 0 Å². The van der Waals surface area contributed by atoms with Gasteiger partial charge in [0.1, 0.15) is 12.1 Å². The minimum atomic E-state index is -4.58. The molecule has 0 saturated heterocycles. The number of carbonyl (C=O) groups is 3. The number of anilines is 1. The Labute approximate surface area is 200 Å². The Hall–Kier alpha value is -3.48. The number of hydrogen-bond donors (Lipinski definition) is 6. The summed E-state index contributed by atoms with van der Waals surface area (Å²) < 4.78 is 39.0. The fourth-order valence-electron chi connectivity index (χ4n) is 3.05. The molecule has 190 valence electrons. The highest BCUT2D eigenvalue weighted by molar-refractivity contribution is 5.98. The molecule has 0 aliphatic heterocycles. The Bertz CT molecular complexity index is 1000. The number of nitrogens with one attached hydrogen (secondary N) is 3. The van der Waals surface area contributed by atoms with Gasteiger partial charge < -0.3 is 33.2 Å². The maximum absolute atomic E-state index is 13.0. The largest absolute Gasteiger partial charge is 0.416 e. The van der Waals surface area contributed by atoms with E-state index in [9.17, 15) is 27.6 Å². The molecule has 3 atom stereocenters. The van der Waals surface area contributed by atoms with Gasteiger partial charge in [-0.3, -0.25) is 14.4 Å². The van der Waals surface area contributed by atoms with Crippen LogP contribution in [0.5, 0.6) is 0 Å². The van der Waals surface area contributed by atoms with E-state index in [1.807, 2.05) is 30.3 Å². The molecular formula is C23H29F3N6O3. The van der Waals surface area contributed by atoms with Gasteiger partial charge in [0.05, 0.1) is 11.6 Å². The smallest absolute Gasteiger partial charge is 0.353 e. The zero-order valence-electron chi connectivity index (χ0n) is 18.8. The second-order valence-electron chi connectivity index (χ2n) is 7.85. The molecule has 0 aromatic heterocycles. The highest BCUT2D eigenvalue weighted by Crippen LogP contribution is 2.30. The SMILES string of the molecule is NC[C@H](N)C(=O)NC[C@H](N)C(=O)N[C@@H](CCc1ccccc1)C(=O)Nc1cccc(C(F)(F)F)c1. The van der Waals surface area contributed by atoms with E-state index in [-0.39, 0.29) is 25.2 Å². The molecule has 9 N–H and O–H groups in total. The predicted octanol–water partition coefficient (Wildman–Crippen LogP) is 0.491. The van der Waals surface area contributed by atoms with Crippen molar-refractivity contribution in [3.8, 4) is 0 Å². The third kappa shape index (κ3) is 9.00. The van der Waals surface area contributed by atoms with Crippen molar-refractivity contribution < 1.29 is 27.6 Å². The molecule has 0 fully saturated rings. The molecule has 12 heteroatoms. The number of hydrogen-bond acceptors (Lipinski definition) is 6. The fraction of sp³-hybridized carbons (Fsp3) is 0.348. The molecule has 2 aromatic rings. The highest BCUT2D eigenvalue weighted by Gasteiger charge is 2.31. The number of benzene rings is 2. The first-order valence-electron chi connectivity index (χ1n) is 10.8. The first kappa shape index (κ1) is 27.8. The Morgan fingerprint density at radius 3 is 2.20 bits per heavy atom. The summed E-state index contributed by atoms with van der Waals surface area (Å²) in [5.74, 6) is -2.03. The van der Waals surface area contributed by atoms with Gasteiger partial charge in [-0.15, -0.1) is 0 Å². The van der Waals surface area contributed by atoms with Gasteiger partial charge in [-0.25, -0.2) is 0 Å². The molecule has 0 unspecified atom stereocenters. The quantitative estimate of drug-likeness (QED) is 0.266. The van der Waals surface area contributed by atoms with Crippen molar-refractivity contribution in [3.05, 3.63) is 65.7 Å². The van der Waals surface area contributed by atoms with E-state index < -0.39 is 47.6 Å². The monoisotopic (exact) mass is 494 g/mol. The van der Waals surface area contributed by atoms with E-state index in [0.29, 0.717) is 6.42 Å². The van der Waals surface area contributed by atoms with Crippen molar-refractivity contribution in [2.24, 2.45) is 17.2 Å². The van der Waals surface area contributed by atoms with Gasteiger partial charge in [0.15, 0.2) is 0 Å². The number of nitrogens with two attached hydrogens (primary N) is 3. The molecule has 0 aliphatic rings. The van der Waals surface area contributed by atoms with Crippen molar-refractivity contribution >= 4 is 23.4 Å². The van der Waals surface area contributed by atoms with Crippen LogP contribution in [-0.4, -0.2) is 48.9 Å². The van der Waals surface area contributed by atoms with E-state index in [1.165, 1.54) is 12.1 Å². The zero-order chi connectivity index (χ0) is 26.0. The van der Waals surface area contributed by atoms with Crippen molar-refractivity contribution in [2.75, 3.05) is 18.4 Å². The van der Waals surface area contributed by atoms with Crippen molar-refractivity contribution in [1.82, 2.24) is 10.6 Å². The predicted molar refractivity (Wildman–Crippen MR) is 125 cm³/mol. The van der Waals surface area contributed by atoms with Gasteiger partial charge >= 0.3 is 6.18 Å². The third-order valence-electron chi connectivity index (χ3n) is 5.08. The Kier molecular flexibility index (Phi) is 10.2. The number of aryl methyl sites for hydroxylation is 1. The van der Waals surface area contributed by atoms with E-state index >= 15 is 0 Å². The molecule has 2 rings (SSSR count). The molecule has 0 radical (unpaired) electrons. The van der Waals surface area contributed by atoms with Crippen LogP contribution in [0.4, 0.5) is 18.9 Å². The van der Waals surface area contributed by atoms with Crippen molar-refractivity contribution in [1.29, 1.82) is 0 Å². The average Bonchev–Trinajstić information content (AvgIpc) is 2.84. The normalized spacial score (nSPS) is 13.9. The summed E-state index contributed by atoms with van der Waals surface area (Å²) >= 11 is 0. The maximum atomic E-state index is 13.0. The molecule has 0 spiro atoms. The lowest BCUT2D eigenvalue weighted by molar-refractivity contribution is -0.137. The molecule has 0 bridgehead atoms. The van der Waals surface area contributed by atoms with Gasteiger partial charge in [-0.1, -0.05) is 36.4 Å². The lowest BCUT2D eigenvalue weighted by Gasteiger charge is -2.21. The number of carbonyl (C=O) groups excluding carboxylic acids is 3. The Balaban J connectivity index is 2.10. The Morgan fingerprint density at radius 2 is 1.57 bits per heavy atom. The van der Waals surface area contributed by atoms with E-state index in [2.05, 4.69) is 16.0 Å². The molecule has 0 saturated carbocycles. The summed E-state index contributed by atoms with van der Waals surface area (Å²) in [6.07, 6.45) is -4.03. The first-order valence-corrected chi connectivity index (χ1v) is 10.8. The standard InChI is InChI=1S/C23H29F3N6O3/c24-23(25,26)15-7-4-8-16(11-15)31-22(35)19(10-9-14-5-2-1-3-6-14)32-21(34)18(29)13-30-20(33)17(28)12-27/h1-8,11,17-19H,9-10,12-13,27-29H2,(H,30,33)(H,31,35)(H,32,34)/t17-,18-,19-/m0/s1. The molecule has 3 amide bonds. The molecular weight excluding hydrogens is 465 g/mol. The zero-order valence-corrected chi connectivity index (χ0v) is 18.8. The maximum Gasteiger partial charge on any atom is 0.416 e. The molecule has 0 aliphatic carbocycles. The van der Waals surface area contributed by atoms with Gasteiger partial charge in [-0.2, -0.15) is 13.2 Å². The fourth-order valence-corrected chi connectivity index (χ4v) is 3.05. The highest BCUT2D eigenvalue weighted by atomic mass is 19.4. The lowest BCUT2D eigenvalue weighted by atomic mass is 10.0. The summed E-state index contributed by atoms with van der Waals surface area (Å²) in [5, 5.41) is 7.32. The third-order valence-corrected chi connectivity index (χ3v) is 5.08. The molecule has 0 heterocycles. The van der Waals surface area contributed by atoms with Crippen molar-refractivity contribution in [3.63, 3.8) is 0 Å².